The zero-order valence-electron chi connectivity index (χ0n) is 8.50. The molecule has 0 aromatic carbocycles. The van der Waals surface area contributed by atoms with Crippen molar-refractivity contribution in [3.8, 4) is 0 Å². The minimum absolute atomic E-state index is 0.490. The lowest BCUT2D eigenvalue weighted by Crippen LogP contribution is -2.50. The molecule has 1 aliphatic rings. The van der Waals surface area contributed by atoms with Crippen molar-refractivity contribution in [1.29, 1.82) is 0 Å². The van der Waals surface area contributed by atoms with E-state index in [4.69, 9.17) is 0 Å². The summed E-state index contributed by atoms with van der Waals surface area (Å²) >= 11 is 6.97. The topological polar surface area (TPSA) is 28.2 Å². The molecule has 82 valence electrons. The van der Waals surface area contributed by atoms with Gasteiger partial charge in [-0.05, 0) is 44.8 Å². The van der Waals surface area contributed by atoms with E-state index in [1.807, 2.05) is 12.3 Å². The van der Waals surface area contributed by atoms with E-state index in [-0.39, 0.29) is 0 Å². The minimum atomic E-state index is 0.490. The van der Waals surface area contributed by atoms with E-state index in [1.165, 1.54) is 0 Å². The van der Waals surface area contributed by atoms with Crippen LogP contribution >= 0.6 is 31.9 Å². The Morgan fingerprint density at radius 2 is 2.33 bits per heavy atom. The number of pyridine rings is 1. The van der Waals surface area contributed by atoms with Gasteiger partial charge in [-0.3, -0.25) is 0 Å². The van der Waals surface area contributed by atoms with Gasteiger partial charge in [-0.25, -0.2) is 4.98 Å². The first-order chi connectivity index (χ1) is 7.18. The van der Waals surface area contributed by atoms with Gasteiger partial charge >= 0.3 is 0 Å². The van der Waals surface area contributed by atoms with Crippen LogP contribution < -0.4 is 10.2 Å². The normalized spacial score (nSPS) is 21.8. The number of anilines is 1. The molecule has 1 unspecified atom stereocenters. The summed E-state index contributed by atoms with van der Waals surface area (Å²) in [7, 11) is 0. The van der Waals surface area contributed by atoms with Crippen LogP contribution in [-0.2, 0) is 0 Å². The molecule has 1 aromatic rings. The van der Waals surface area contributed by atoms with Crippen LogP contribution in [0.1, 0.15) is 6.92 Å². The Hall–Kier alpha value is -0.130. The van der Waals surface area contributed by atoms with E-state index in [0.717, 1.165) is 34.4 Å². The van der Waals surface area contributed by atoms with E-state index >= 15 is 0 Å². The lowest BCUT2D eigenvalue weighted by atomic mass is 10.2. The van der Waals surface area contributed by atoms with Crippen molar-refractivity contribution < 1.29 is 0 Å². The summed E-state index contributed by atoms with van der Waals surface area (Å²) < 4.78 is 2.05. The lowest BCUT2D eigenvalue weighted by molar-refractivity contribution is 0.496. The molecular formula is C10H13Br2N3. The Morgan fingerprint density at radius 1 is 1.53 bits per heavy atom. The third-order valence-corrected chi connectivity index (χ3v) is 3.58. The van der Waals surface area contributed by atoms with Crippen molar-refractivity contribution in [2.24, 2.45) is 0 Å². The van der Waals surface area contributed by atoms with Crippen LogP contribution in [0.3, 0.4) is 0 Å². The summed E-state index contributed by atoms with van der Waals surface area (Å²) in [6.45, 7) is 5.26. The summed E-state index contributed by atoms with van der Waals surface area (Å²) in [5, 5.41) is 3.37. The maximum absolute atomic E-state index is 4.46. The van der Waals surface area contributed by atoms with Crippen LogP contribution in [0.5, 0.6) is 0 Å². The molecule has 0 bridgehead atoms. The molecule has 2 heterocycles. The second-order valence-electron chi connectivity index (χ2n) is 3.71. The van der Waals surface area contributed by atoms with E-state index in [9.17, 15) is 0 Å². The van der Waals surface area contributed by atoms with Crippen LogP contribution in [0, 0.1) is 0 Å². The molecule has 0 saturated carbocycles. The fourth-order valence-electron chi connectivity index (χ4n) is 1.77. The Balaban J connectivity index is 2.27. The monoisotopic (exact) mass is 333 g/mol. The SMILES string of the molecule is CC1CNCCN1c1ncc(Br)cc1Br. The molecule has 1 N–H and O–H groups in total. The van der Waals surface area contributed by atoms with Gasteiger partial charge in [0.2, 0.25) is 0 Å². The zero-order valence-corrected chi connectivity index (χ0v) is 11.7. The molecule has 1 saturated heterocycles. The Morgan fingerprint density at radius 3 is 3.00 bits per heavy atom. The maximum atomic E-state index is 4.46. The highest BCUT2D eigenvalue weighted by Crippen LogP contribution is 2.28. The van der Waals surface area contributed by atoms with Crippen molar-refractivity contribution in [3.63, 3.8) is 0 Å². The first-order valence-corrected chi connectivity index (χ1v) is 6.55. The molecule has 0 amide bonds. The Labute approximate surface area is 107 Å². The number of nitrogens with zero attached hydrogens (tertiary/aromatic N) is 2. The second-order valence-corrected chi connectivity index (χ2v) is 5.48. The van der Waals surface area contributed by atoms with Crippen molar-refractivity contribution >= 4 is 37.7 Å². The van der Waals surface area contributed by atoms with Crippen molar-refractivity contribution in [2.75, 3.05) is 24.5 Å². The fraction of sp³-hybridized carbons (Fsp3) is 0.500. The zero-order chi connectivity index (χ0) is 10.8. The van der Waals surface area contributed by atoms with E-state index in [2.05, 4.69) is 54.0 Å². The number of aromatic nitrogens is 1. The number of halogens is 2. The fourth-order valence-corrected chi connectivity index (χ4v) is 2.99. The maximum Gasteiger partial charge on any atom is 0.143 e. The smallest absolute Gasteiger partial charge is 0.143 e. The van der Waals surface area contributed by atoms with Gasteiger partial charge in [0, 0.05) is 36.3 Å². The number of hydrogen-bond acceptors (Lipinski definition) is 3. The van der Waals surface area contributed by atoms with Crippen molar-refractivity contribution in [2.45, 2.75) is 13.0 Å². The molecule has 15 heavy (non-hydrogen) atoms. The van der Waals surface area contributed by atoms with Crippen LogP contribution in [0.4, 0.5) is 5.82 Å². The lowest BCUT2D eigenvalue weighted by Gasteiger charge is -2.35. The van der Waals surface area contributed by atoms with Crippen LogP contribution in [-0.4, -0.2) is 30.7 Å². The van der Waals surface area contributed by atoms with Crippen LogP contribution in [0.15, 0.2) is 21.2 Å². The Bertz CT molecular complexity index is 357. The third-order valence-electron chi connectivity index (χ3n) is 2.56. The van der Waals surface area contributed by atoms with Gasteiger partial charge < -0.3 is 10.2 Å². The van der Waals surface area contributed by atoms with Gasteiger partial charge in [0.15, 0.2) is 0 Å². The first kappa shape index (κ1) is 11.4. The van der Waals surface area contributed by atoms with Gasteiger partial charge in [0.1, 0.15) is 5.82 Å². The van der Waals surface area contributed by atoms with Gasteiger partial charge in [-0.15, -0.1) is 0 Å². The van der Waals surface area contributed by atoms with Crippen LogP contribution in [0.25, 0.3) is 0 Å². The molecule has 1 aliphatic heterocycles. The van der Waals surface area contributed by atoms with Gasteiger partial charge in [0.25, 0.3) is 0 Å². The molecule has 1 fully saturated rings. The summed E-state index contributed by atoms with van der Waals surface area (Å²) in [5.74, 6) is 1.03. The third kappa shape index (κ3) is 2.52. The number of piperazine rings is 1. The number of hydrogen-bond donors (Lipinski definition) is 1. The highest BCUT2D eigenvalue weighted by Gasteiger charge is 2.21. The van der Waals surface area contributed by atoms with Crippen LogP contribution in [0.2, 0.25) is 0 Å². The van der Waals surface area contributed by atoms with Gasteiger partial charge in [0.05, 0.1) is 4.47 Å². The Kier molecular flexibility index (Phi) is 3.64. The highest BCUT2D eigenvalue weighted by atomic mass is 79.9. The van der Waals surface area contributed by atoms with Gasteiger partial charge in [-0.2, -0.15) is 0 Å². The average Bonchev–Trinajstić information content (AvgIpc) is 2.20. The van der Waals surface area contributed by atoms with Gasteiger partial charge in [-0.1, -0.05) is 0 Å². The molecule has 0 spiro atoms. The summed E-state index contributed by atoms with van der Waals surface area (Å²) in [5.41, 5.74) is 0. The quantitative estimate of drug-likeness (QED) is 0.854. The minimum Gasteiger partial charge on any atom is -0.350 e. The molecule has 5 heteroatoms. The predicted octanol–water partition coefficient (Wildman–Crippen LogP) is 2.40. The first-order valence-electron chi connectivity index (χ1n) is 4.97. The number of rotatable bonds is 1. The molecule has 3 nitrogen and oxygen atoms in total. The highest BCUT2D eigenvalue weighted by molar-refractivity contribution is 9.11. The van der Waals surface area contributed by atoms with Crippen molar-refractivity contribution in [1.82, 2.24) is 10.3 Å². The standard InChI is InChI=1S/C10H13Br2N3/c1-7-5-13-2-3-15(7)10-9(12)4-8(11)6-14-10/h4,6-7,13H,2-3,5H2,1H3. The van der Waals surface area contributed by atoms with E-state index in [1.54, 1.807) is 0 Å². The molecule has 1 aromatic heterocycles. The van der Waals surface area contributed by atoms with E-state index < -0.39 is 0 Å². The molecule has 0 aliphatic carbocycles. The average molecular weight is 335 g/mol. The number of nitrogens with one attached hydrogen (secondary N) is 1. The van der Waals surface area contributed by atoms with E-state index in [0.29, 0.717) is 6.04 Å². The summed E-state index contributed by atoms with van der Waals surface area (Å²) in [6.07, 6.45) is 1.84. The molecule has 1 atom stereocenters. The summed E-state index contributed by atoms with van der Waals surface area (Å²) in [4.78, 5) is 6.78. The van der Waals surface area contributed by atoms with Crippen molar-refractivity contribution in [3.05, 3.63) is 21.2 Å². The molecule has 0 radical (unpaired) electrons. The molecular weight excluding hydrogens is 322 g/mol. The second kappa shape index (κ2) is 4.80. The predicted molar refractivity (Wildman–Crippen MR) is 69.3 cm³/mol. The largest absolute Gasteiger partial charge is 0.350 e. The summed E-state index contributed by atoms with van der Waals surface area (Å²) in [6, 6.07) is 2.53. The molecule has 2 rings (SSSR count).